The Labute approximate surface area is 172 Å². The Bertz CT molecular complexity index is 758. The average Bonchev–Trinajstić information content (AvgIpc) is 2.72. The maximum atomic E-state index is 13.1. The van der Waals surface area contributed by atoms with Crippen molar-refractivity contribution in [3.8, 4) is 0 Å². The highest BCUT2D eigenvalue weighted by Gasteiger charge is 2.36. The van der Waals surface area contributed by atoms with Crippen molar-refractivity contribution >= 4 is 17.7 Å². The molecule has 0 saturated carbocycles. The van der Waals surface area contributed by atoms with Crippen LogP contribution in [0.2, 0.25) is 0 Å². The van der Waals surface area contributed by atoms with Crippen LogP contribution in [0.4, 0.5) is 0 Å². The van der Waals surface area contributed by atoms with Gasteiger partial charge in [-0.1, -0.05) is 38.1 Å². The fourth-order valence-corrected chi connectivity index (χ4v) is 3.91. The molecule has 7 nitrogen and oxygen atoms in total. The molecule has 158 valence electrons. The molecule has 0 aromatic heterocycles. The van der Waals surface area contributed by atoms with Gasteiger partial charge in [0.25, 0.3) is 0 Å². The van der Waals surface area contributed by atoms with Gasteiger partial charge in [0.15, 0.2) is 0 Å². The van der Waals surface area contributed by atoms with E-state index in [4.69, 9.17) is 4.74 Å². The van der Waals surface area contributed by atoms with E-state index in [0.717, 1.165) is 11.1 Å². The molecular formula is C22H31N3O4. The van der Waals surface area contributed by atoms with Gasteiger partial charge in [0.05, 0.1) is 13.2 Å². The highest BCUT2D eigenvalue weighted by atomic mass is 16.5. The number of rotatable bonds is 5. The lowest BCUT2D eigenvalue weighted by atomic mass is 9.92. The van der Waals surface area contributed by atoms with Crippen molar-refractivity contribution in [2.75, 3.05) is 26.3 Å². The van der Waals surface area contributed by atoms with Crippen LogP contribution >= 0.6 is 0 Å². The van der Waals surface area contributed by atoms with Gasteiger partial charge in [-0.2, -0.15) is 0 Å². The lowest BCUT2D eigenvalue weighted by Gasteiger charge is -2.37. The van der Waals surface area contributed by atoms with Gasteiger partial charge >= 0.3 is 0 Å². The molecule has 0 bridgehead atoms. The number of hydrogen-bond donors (Lipinski definition) is 1. The number of nitrogens with zero attached hydrogens (tertiary/aromatic N) is 2. The summed E-state index contributed by atoms with van der Waals surface area (Å²) in [6.45, 7) is 8.22. The van der Waals surface area contributed by atoms with Crippen LogP contribution in [0.25, 0.3) is 0 Å². The average molecular weight is 402 g/mol. The Morgan fingerprint density at radius 2 is 1.76 bits per heavy atom. The first-order valence-corrected chi connectivity index (χ1v) is 10.4. The molecule has 7 heteroatoms. The molecule has 3 amide bonds. The number of fused-ring (bicyclic) bond motifs is 1. The molecule has 0 spiro atoms. The normalized spacial score (nSPS) is 20.2. The van der Waals surface area contributed by atoms with Crippen LogP contribution in [-0.2, 0) is 32.1 Å². The molecule has 3 rings (SSSR count). The van der Waals surface area contributed by atoms with Gasteiger partial charge in [-0.3, -0.25) is 14.4 Å². The van der Waals surface area contributed by atoms with Gasteiger partial charge in [0.1, 0.15) is 12.1 Å². The summed E-state index contributed by atoms with van der Waals surface area (Å²) in [5.41, 5.74) is 2.15. The lowest BCUT2D eigenvalue weighted by Crippen LogP contribution is -2.57. The lowest BCUT2D eigenvalue weighted by molar-refractivity contribution is -0.144. The molecule has 2 aliphatic rings. The maximum absolute atomic E-state index is 13.1. The zero-order chi connectivity index (χ0) is 21.0. The van der Waals surface area contributed by atoms with Crippen molar-refractivity contribution in [1.82, 2.24) is 15.1 Å². The number of ether oxygens (including phenoxy) is 1. The molecular weight excluding hydrogens is 370 g/mol. The van der Waals surface area contributed by atoms with Gasteiger partial charge in [-0.25, -0.2) is 0 Å². The molecule has 2 unspecified atom stereocenters. The van der Waals surface area contributed by atoms with Crippen LogP contribution < -0.4 is 5.32 Å². The van der Waals surface area contributed by atoms with Gasteiger partial charge in [0.2, 0.25) is 17.7 Å². The second-order valence-corrected chi connectivity index (χ2v) is 8.28. The smallest absolute Gasteiger partial charge is 0.245 e. The summed E-state index contributed by atoms with van der Waals surface area (Å²) < 4.78 is 5.29. The topological polar surface area (TPSA) is 79.0 Å². The van der Waals surface area contributed by atoms with E-state index >= 15 is 0 Å². The van der Waals surface area contributed by atoms with Gasteiger partial charge in [-0.15, -0.1) is 0 Å². The Morgan fingerprint density at radius 3 is 2.41 bits per heavy atom. The summed E-state index contributed by atoms with van der Waals surface area (Å²) in [6.07, 6.45) is 0.860. The summed E-state index contributed by atoms with van der Waals surface area (Å²) in [6, 6.07) is 6.67. The molecule has 2 atom stereocenters. The van der Waals surface area contributed by atoms with Crippen LogP contribution in [-0.4, -0.2) is 65.9 Å². The first-order valence-electron chi connectivity index (χ1n) is 10.4. The van der Waals surface area contributed by atoms with Crippen molar-refractivity contribution in [1.29, 1.82) is 0 Å². The number of nitrogens with one attached hydrogen (secondary N) is 1. The van der Waals surface area contributed by atoms with E-state index in [1.807, 2.05) is 38.1 Å². The van der Waals surface area contributed by atoms with Gasteiger partial charge in [-0.05, 0) is 24.0 Å². The van der Waals surface area contributed by atoms with Crippen molar-refractivity contribution in [2.24, 2.45) is 5.92 Å². The summed E-state index contributed by atoms with van der Waals surface area (Å²) in [4.78, 5) is 42.0. The SMILES string of the molecule is CC(C)CC(=O)N1Cc2ccccc2CC1C(=O)NC(C)C(=O)N1CCOCC1. The third kappa shape index (κ3) is 5.15. The van der Waals surface area contributed by atoms with Crippen molar-refractivity contribution in [2.45, 2.75) is 52.2 Å². The van der Waals surface area contributed by atoms with Crippen LogP contribution in [0.1, 0.15) is 38.3 Å². The van der Waals surface area contributed by atoms with Crippen LogP contribution in [0, 0.1) is 5.92 Å². The Kier molecular flexibility index (Phi) is 6.90. The van der Waals surface area contributed by atoms with E-state index in [1.54, 1.807) is 16.7 Å². The van der Waals surface area contributed by atoms with E-state index in [-0.39, 0.29) is 23.6 Å². The summed E-state index contributed by atoms with van der Waals surface area (Å²) in [7, 11) is 0. The fourth-order valence-electron chi connectivity index (χ4n) is 3.91. The number of hydrogen-bond acceptors (Lipinski definition) is 4. The van der Waals surface area contributed by atoms with E-state index in [0.29, 0.717) is 45.7 Å². The molecule has 1 N–H and O–H groups in total. The summed E-state index contributed by atoms with van der Waals surface area (Å²) >= 11 is 0. The molecule has 0 aliphatic carbocycles. The number of amides is 3. The van der Waals surface area contributed by atoms with Crippen LogP contribution in [0.15, 0.2) is 24.3 Å². The van der Waals surface area contributed by atoms with E-state index < -0.39 is 12.1 Å². The monoisotopic (exact) mass is 401 g/mol. The molecule has 2 aliphatic heterocycles. The predicted octanol–water partition coefficient (Wildman–Crippen LogP) is 1.35. The van der Waals surface area contributed by atoms with E-state index in [9.17, 15) is 14.4 Å². The molecule has 1 aromatic rings. The minimum atomic E-state index is -0.639. The van der Waals surface area contributed by atoms with Crippen molar-refractivity contribution < 1.29 is 19.1 Å². The molecule has 29 heavy (non-hydrogen) atoms. The minimum absolute atomic E-state index is 0.0261. The molecule has 1 saturated heterocycles. The minimum Gasteiger partial charge on any atom is -0.378 e. The summed E-state index contributed by atoms with van der Waals surface area (Å²) in [5, 5.41) is 2.85. The molecule has 1 fully saturated rings. The standard InChI is InChI=1S/C22H31N3O4/c1-15(2)12-20(26)25-14-18-7-5-4-6-17(18)13-19(25)21(27)23-16(3)22(28)24-8-10-29-11-9-24/h4-7,15-16,19H,8-14H2,1-3H3,(H,23,27). The summed E-state index contributed by atoms with van der Waals surface area (Å²) in [5.74, 6) is -0.198. The number of benzene rings is 1. The highest BCUT2D eigenvalue weighted by molar-refractivity contribution is 5.92. The first-order chi connectivity index (χ1) is 13.9. The second kappa shape index (κ2) is 9.39. The third-order valence-electron chi connectivity index (χ3n) is 5.51. The van der Waals surface area contributed by atoms with Crippen LogP contribution in [0.5, 0.6) is 0 Å². The Hall–Kier alpha value is -2.41. The van der Waals surface area contributed by atoms with Crippen molar-refractivity contribution in [3.63, 3.8) is 0 Å². The number of carbonyl (C=O) groups excluding carboxylic acids is 3. The molecule has 2 heterocycles. The van der Waals surface area contributed by atoms with Crippen LogP contribution in [0.3, 0.4) is 0 Å². The fraction of sp³-hybridized carbons (Fsp3) is 0.591. The second-order valence-electron chi connectivity index (χ2n) is 8.28. The van der Waals surface area contributed by atoms with E-state index in [2.05, 4.69) is 5.32 Å². The third-order valence-corrected chi connectivity index (χ3v) is 5.51. The number of morpholine rings is 1. The first kappa shape index (κ1) is 21.3. The maximum Gasteiger partial charge on any atom is 0.245 e. The highest BCUT2D eigenvalue weighted by Crippen LogP contribution is 2.25. The van der Waals surface area contributed by atoms with Gasteiger partial charge < -0.3 is 19.9 Å². The zero-order valence-corrected chi connectivity index (χ0v) is 17.5. The number of carbonyl (C=O) groups is 3. The Balaban J connectivity index is 1.73. The molecule has 1 aromatic carbocycles. The Morgan fingerprint density at radius 1 is 1.10 bits per heavy atom. The molecule has 0 radical (unpaired) electrons. The quantitative estimate of drug-likeness (QED) is 0.808. The van der Waals surface area contributed by atoms with E-state index in [1.165, 1.54) is 0 Å². The van der Waals surface area contributed by atoms with Gasteiger partial charge in [0, 0.05) is 32.5 Å². The zero-order valence-electron chi connectivity index (χ0n) is 17.5. The largest absolute Gasteiger partial charge is 0.378 e. The predicted molar refractivity (Wildman–Crippen MR) is 109 cm³/mol. The van der Waals surface area contributed by atoms with Crippen molar-refractivity contribution in [3.05, 3.63) is 35.4 Å².